The number of pyridine rings is 3. The Hall–Kier alpha value is -6.21. The van der Waals surface area contributed by atoms with Gasteiger partial charge in [-0.05, 0) is 103 Å². The van der Waals surface area contributed by atoms with Crippen molar-refractivity contribution in [2.45, 2.75) is 46.5 Å². The number of nitrogens with zero attached hydrogens (tertiary/aromatic N) is 3. The van der Waals surface area contributed by atoms with Crippen LogP contribution in [0.3, 0.4) is 0 Å². The van der Waals surface area contributed by atoms with Crippen molar-refractivity contribution in [2.75, 3.05) is 0 Å². The maximum absolute atomic E-state index is 14.2. The molecule has 0 saturated carbocycles. The van der Waals surface area contributed by atoms with Crippen LogP contribution >= 0.6 is 0 Å². The number of carbonyl (C=O) groups is 4. The number of benzene rings is 2. The van der Waals surface area contributed by atoms with E-state index in [-0.39, 0.29) is 23.1 Å². The second-order valence-corrected chi connectivity index (χ2v) is 12.7. The van der Waals surface area contributed by atoms with Crippen molar-refractivity contribution in [1.29, 1.82) is 0 Å². The predicted molar refractivity (Wildman–Crippen MR) is 200 cm³/mol. The third-order valence-electron chi connectivity index (χ3n) is 9.16. The summed E-state index contributed by atoms with van der Waals surface area (Å²) < 4.78 is 0. The molecule has 254 valence electrons. The van der Waals surface area contributed by atoms with E-state index in [9.17, 15) is 19.2 Å². The SMILES string of the molecule is C=C/C=C(\C=C/CC)C(=O)c1cc(C(C)(C)c2cc(C(=O)c3ccncc3)c(C)c(C(=O)c3ccncc3)c2)cc(C(=O)c2ccncc2)c1C. The maximum atomic E-state index is 14.2. The fourth-order valence-corrected chi connectivity index (χ4v) is 5.97. The Morgan fingerprint density at radius 1 is 0.627 bits per heavy atom. The Labute approximate surface area is 298 Å². The lowest BCUT2D eigenvalue weighted by atomic mass is 9.73. The normalized spacial score (nSPS) is 11.7. The third kappa shape index (κ3) is 7.53. The average Bonchev–Trinajstić information content (AvgIpc) is 3.16. The first-order chi connectivity index (χ1) is 24.5. The molecule has 0 aliphatic carbocycles. The summed E-state index contributed by atoms with van der Waals surface area (Å²) in [5.74, 6) is -1.03. The van der Waals surface area contributed by atoms with Crippen LogP contribution in [0.4, 0.5) is 0 Å². The zero-order valence-electron chi connectivity index (χ0n) is 29.4. The highest BCUT2D eigenvalue weighted by atomic mass is 16.1. The number of ketones is 4. The van der Waals surface area contributed by atoms with Gasteiger partial charge in [-0.25, -0.2) is 0 Å². The molecule has 7 nitrogen and oxygen atoms in total. The summed E-state index contributed by atoms with van der Waals surface area (Å²) in [5, 5.41) is 0. The van der Waals surface area contributed by atoms with Gasteiger partial charge in [-0.3, -0.25) is 34.1 Å². The van der Waals surface area contributed by atoms with E-state index in [1.165, 1.54) is 0 Å². The Bertz CT molecular complexity index is 2130. The molecule has 0 saturated heterocycles. The molecule has 3 heterocycles. The zero-order chi connectivity index (χ0) is 36.7. The van der Waals surface area contributed by atoms with E-state index in [4.69, 9.17) is 0 Å². The Balaban J connectivity index is 1.78. The van der Waals surface area contributed by atoms with Crippen molar-refractivity contribution in [1.82, 2.24) is 15.0 Å². The van der Waals surface area contributed by atoms with Crippen LogP contribution in [0.15, 0.2) is 134 Å². The molecule has 3 aromatic heterocycles. The number of hydrogen-bond acceptors (Lipinski definition) is 7. The van der Waals surface area contributed by atoms with Gasteiger partial charge in [0.05, 0.1) is 0 Å². The second-order valence-electron chi connectivity index (χ2n) is 12.7. The van der Waals surface area contributed by atoms with Gasteiger partial charge in [0.15, 0.2) is 23.1 Å². The standard InChI is InChI=1S/C44H39N3O4/c1-7-9-11-30(10-8-2)40(48)36-24-34(25-37(28(36)3)41(49)31-12-18-45-19-13-31)44(5,6)35-26-38(42(50)32-14-20-46-21-15-32)29(4)39(27-35)43(51)33-16-22-47-23-17-33/h8-27H,2,7H2,1,3-6H3/b11-9-,30-10+. The fourth-order valence-electron chi connectivity index (χ4n) is 5.97. The number of allylic oxidation sites excluding steroid dienone is 5. The molecule has 0 N–H and O–H groups in total. The minimum atomic E-state index is -0.911. The van der Waals surface area contributed by atoms with Crippen LogP contribution in [0.25, 0.3) is 0 Å². The summed E-state index contributed by atoms with van der Waals surface area (Å²) in [6.45, 7) is 13.2. The molecule has 0 atom stereocenters. The maximum Gasteiger partial charge on any atom is 0.193 e. The van der Waals surface area contributed by atoms with Crippen LogP contribution in [-0.4, -0.2) is 38.1 Å². The minimum Gasteiger partial charge on any atom is -0.289 e. The first-order valence-electron chi connectivity index (χ1n) is 16.7. The Kier molecular flexibility index (Phi) is 11.0. The minimum absolute atomic E-state index is 0.258. The van der Waals surface area contributed by atoms with Crippen molar-refractivity contribution in [3.63, 3.8) is 0 Å². The van der Waals surface area contributed by atoms with E-state index >= 15 is 0 Å². The topological polar surface area (TPSA) is 107 Å². The molecule has 0 bridgehead atoms. The number of rotatable bonds is 13. The van der Waals surface area contributed by atoms with Gasteiger partial charge in [0.2, 0.25) is 0 Å². The summed E-state index contributed by atoms with van der Waals surface area (Å²) in [7, 11) is 0. The molecule has 0 unspecified atom stereocenters. The molecule has 5 aromatic rings. The summed E-state index contributed by atoms with van der Waals surface area (Å²) in [5.41, 5.74) is 4.63. The second kappa shape index (κ2) is 15.6. The molecule has 7 heteroatoms. The largest absolute Gasteiger partial charge is 0.289 e. The highest BCUT2D eigenvalue weighted by Gasteiger charge is 2.31. The van der Waals surface area contributed by atoms with E-state index in [2.05, 4.69) is 21.5 Å². The molecular weight excluding hydrogens is 635 g/mol. The Morgan fingerprint density at radius 3 is 1.33 bits per heavy atom. The first-order valence-corrected chi connectivity index (χ1v) is 16.7. The average molecular weight is 674 g/mol. The Morgan fingerprint density at radius 2 is 0.980 bits per heavy atom. The molecule has 0 radical (unpaired) electrons. The van der Waals surface area contributed by atoms with Crippen LogP contribution in [0, 0.1) is 13.8 Å². The molecule has 0 spiro atoms. The fraction of sp³-hybridized carbons (Fsp3) is 0.159. The van der Waals surface area contributed by atoms with Gasteiger partial charge in [0.1, 0.15) is 0 Å². The van der Waals surface area contributed by atoms with E-state index in [1.54, 1.807) is 118 Å². The monoisotopic (exact) mass is 673 g/mol. The number of aromatic nitrogens is 3. The van der Waals surface area contributed by atoms with Gasteiger partial charge >= 0.3 is 0 Å². The van der Waals surface area contributed by atoms with E-state index in [0.717, 1.165) is 6.42 Å². The predicted octanol–water partition coefficient (Wildman–Crippen LogP) is 8.77. The third-order valence-corrected chi connectivity index (χ3v) is 9.16. The number of hydrogen-bond donors (Lipinski definition) is 0. The number of carbonyl (C=O) groups excluding carboxylic acids is 4. The summed E-state index contributed by atoms with van der Waals surface area (Å²) >= 11 is 0. The molecule has 5 rings (SSSR count). The van der Waals surface area contributed by atoms with Gasteiger partial charge in [0, 0.05) is 87.1 Å². The lowest BCUT2D eigenvalue weighted by Gasteiger charge is -2.30. The summed E-state index contributed by atoms with van der Waals surface area (Å²) in [4.78, 5) is 68.6. The van der Waals surface area contributed by atoms with Gasteiger partial charge < -0.3 is 0 Å². The van der Waals surface area contributed by atoms with Crippen molar-refractivity contribution >= 4 is 23.1 Å². The van der Waals surface area contributed by atoms with E-state index in [1.807, 2.05) is 39.0 Å². The van der Waals surface area contributed by atoms with Crippen LogP contribution in [0.5, 0.6) is 0 Å². The molecule has 51 heavy (non-hydrogen) atoms. The van der Waals surface area contributed by atoms with Gasteiger partial charge in [-0.2, -0.15) is 0 Å². The van der Waals surface area contributed by atoms with E-state index < -0.39 is 5.41 Å². The van der Waals surface area contributed by atoms with Crippen molar-refractivity contribution in [3.8, 4) is 0 Å². The van der Waals surface area contributed by atoms with Crippen molar-refractivity contribution in [2.24, 2.45) is 0 Å². The lowest BCUT2D eigenvalue weighted by molar-refractivity contribution is 0.102. The molecule has 0 amide bonds. The highest BCUT2D eigenvalue weighted by molar-refractivity contribution is 6.16. The lowest BCUT2D eigenvalue weighted by Crippen LogP contribution is -2.24. The highest BCUT2D eigenvalue weighted by Crippen LogP contribution is 2.38. The molecule has 2 aromatic carbocycles. The molecule has 0 aliphatic heterocycles. The zero-order valence-corrected chi connectivity index (χ0v) is 29.4. The van der Waals surface area contributed by atoms with Gasteiger partial charge in [-0.1, -0.05) is 51.7 Å². The smallest absolute Gasteiger partial charge is 0.193 e. The molecule has 0 fully saturated rings. The summed E-state index contributed by atoms with van der Waals surface area (Å²) in [6.07, 6.45) is 16.9. The summed E-state index contributed by atoms with van der Waals surface area (Å²) in [6, 6.07) is 17.1. The number of Topliss-reactive ketones (excluding diaryl/α,β-unsaturated/α-hetero) is 1. The van der Waals surface area contributed by atoms with Crippen molar-refractivity contribution < 1.29 is 19.2 Å². The van der Waals surface area contributed by atoms with Crippen molar-refractivity contribution in [3.05, 3.63) is 195 Å². The van der Waals surface area contributed by atoms with Crippen LogP contribution in [0.2, 0.25) is 0 Å². The van der Waals surface area contributed by atoms with Crippen LogP contribution in [-0.2, 0) is 5.41 Å². The van der Waals surface area contributed by atoms with Crippen LogP contribution in [0.1, 0.15) is 108 Å². The van der Waals surface area contributed by atoms with Crippen LogP contribution < -0.4 is 0 Å². The molecular formula is C44H39N3O4. The van der Waals surface area contributed by atoms with Gasteiger partial charge in [-0.15, -0.1) is 0 Å². The van der Waals surface area contributed by atoms with Gasteiger partial charge in [0.25, 0.3) is 0 Å². The quantitative estimate of drug-likeness (QED) is 0.0699. The first kappa shape index (κ1) is 36.1. The van der Waals surface area contributed by atoms with E-state index in [0.29, 0.717) is 66.8 Å². The molecule has 0 aliphatic rings.